The summed E-state index contributed by atoms with van der Waals surface area (Å²) in [5.74, 6) is 1.38. The Bertz CT molecular complexity index is 645. The van der Waals surface area contributed by atoms with Crippen molar-refractivity contribution < 1.29 is 0 Å². The van der Waals surface area contributed by atoms with Crippen LogP contribution in [0.4, 0.5) is 0 Å². The summed E-state index contributed by atoms with van der Waals surface area (Å²) >= 11 is 6.03. The minimum atomic E-state index is 0. The fourth-order valence-electron chi connectivity index (χ4n) is 2.17. The van der Waals surface area contributed by atoms with Crippen LogP contribution in [0.5, 0.6) is 0 Å². The average molecular weight is 521 g/mol. The van der Waals surface area contributed by atoms with E-state index in [1.54, 1.807) is 6.20 Å². The van der Waals surface area contributed by atoms with Crippen LogP contribution in [-0.4, -0.2) is 14.4 Å². The van der Waals surface area contributed by atoms with E-state index in [0.717, 1.165) is 18.5 Å². The van der Waals surface area contributed by atoms with Gasteiger partial charge in [-0.15, -0.1) is 24.6 Å². The summed E-state index contributed by atoms with van der Waals surface area (Å²) in [6.45, 7) is 2.16. The molecule has 1 aliphatic carbocycles. The molecule has 3 nitrogen and oxygen atoms in total. The van der Waals surface area contributed by atoms with Gasteiger partial charge in [-0.25, -0.2) is 22.0 Å². The van der Waals surface area contributed by atoms with Crippen LogP contribution in [0.25, 0.3) is 11.2 Å². The zero-order valence-corrected chi connectivity index (χ0v) is 13.3. The van der Waals surface area contributed by atoms with Gasteiger partial charge in [-0.2, -0.15) is 0 Å². The first-order valence-corrected chi connectivity index (χ1v) is 6.32. The van der Waals surface area contributed by atoms with Gasteiger partial charge in [0.25, 0.3) is 0 Å². The maximum Gasteiger partial charge on any atom is 0.173 e. The van der Waals surface area contributed by atoms with Gasteiger partial charge >= 0.3 is 0 Å². The van der Waals surface area contributed by atoms with Crippen molar-refractivity contribution in [3.05, 3.63) is 53.6 Å². The van der Waals surface area contributed by atoms with Crippen molar-refractivity contribution in [1.29, 1.82) is 0 Å². The number of imidazole rings is 1. The third-order valence-corrected chi connectivity index (χ3v) is 3.35. The molecular weight excluding hydrogens is 508 g/mol. The molecule has 1 aliphatic rings. The van der Waals surface area contributed by atoms with Gasteiger partial charge in [-0.05, 0) is 12.1 Å². The quantitative estimate of drug-likeness (QED) is 0.537. The summed E-state index contributed by atoms with van der Waals surface area (Å²) in [6.07, 6.45) is 14.2. The van der Waals surface area contributed by atoms with Crippen molar-refractivity contribution in [2.24, 2.45) is 0 Å². The van der Waals surface area contributed by atoms with Gasteiger partial charge in [0.1, 0.15) is 0 Å². The molecular formula is C14H13ClLrN3-. The van der Waals surface area contributed by atoms with Crippen molar-refractivity contribution in [2.45, 2.75) is 19.8 Å². The number of allylic oxidation sites excluding steroid dienone is 4. The Labute approximate surface area is 111 Å². The molecule has 0 fully saturated rings. The molecule has 19 heavy (non-hydrogen) atoms. The molecule has 0 amide bonds. The number of halogens is 1. The smallest absolute Gasteiger partial charge is 0.173 e. The molecule has 107 valence electrons. The van der Waals surface area contributed by atoms with Crippen LogP contribution >= 0.6 is 11.6 Å². The summed E-state index contributed by atoms with van der Waals surface area (Å²) in [5, 5.41) is 0.433. The van der Waals surface area contributed by atoms with Gasteiger partial charge in [0.05, 0.1) is 0 Å². The van der Waals surface area contributed by atoms with Crippen LogP contribution in [0.2, 0.25) is 5.15 Å². The number of fused-ring (bicyclic) bond motifs is 1. The molecule has 0 atom stereocenters. The number of nitrogens with zero attached hydrogens (tertiary/aromatic N) is 3. The molecule has 0 N–H and O–H groups in total. The predicted molar refractivity (Wildman–Crippen MR) is 73.3 cm³/mol. The molecule has 1 radical (unpaired) electrons. The Balaban J connectivity index is 0.00000133. The van der Waals surface area contributed by atoms with E-state index in [9.17, 15) is 0 Å². The fourth-order valence-corrected chi connectivity index (χ4v) is 2.36. The van der Waals surface area contributed by atoms with Crippen LogP contribution < -0.4 is 0 Å². The van der Waals surface area contributed by atoms with Crippen LogP contribution in [0.1, 0.15) is 25.5 Å². The van der Waals surface area contributed by atoms with Crippen molar-refractivity contribution in [1.82, 2.24) is 14.4 Å². The predicted octanol–water partition coefficient (Wildman–Crippen LogP) is 3.71. The molecule has 0 spiro atoms. The number of aromatic nitrogens is 3. The van der Waals surface area contributed by atoms with Crippen LogP contribution in [0.15, 0.2) is 36.8 Å². The summed E-state index contributed by atoms with van der Waals surface area (Å²) in [5.41, 5.74) is 2.91. The van der Waals surface area contributed by atoms with Crippen LogP contribution in [-0.2, 0) is 0 Å². The van der Waals surface area contributed by atoms with Crippen LogP contribution in [0.3, 0.4) is 0 Å². The van der Waals surface area contributed by atoms with E-state index in [1.807, 2.05) is 16.8 Å². The third kappa shape index (κ3) is 2.16. The van der Waals surface area contributed by atoms with Gasteiger partial charge in [-0.1, -0.05) is 18.0 Å². The first kappa shape index (κ1) is 12.7. The maximum atomic E-state index is 6.03. The molecule has 3 rings (SSSR count). The number of hydrogen-bond donors (Lipinski definition) is 0. The Morgan fingerprint density at radius 1 is 1.37 bits per heavy atom. The molecule has 5 heteroatoms. The standard InChI is InChI=1S/C14H13ClN3.Lr/c1-10-4-2-3-5-11(8-10)12-9-17-14-13(15)16-6-7-18(12)14;/h3,5-9H,2,4H2,1H3;/q-1;. The van der Waals surface area contributed by atoms with Gasteiger partial charge in [0.2, 0.25) is 0 Å². The van der Waals surface area contributed by atoms with Crippen LogP contribution in [0, 0.1) is 5.92 Å². The zero-order chi connectivity index (χ0) is 12.5. The first-order chi connectivity index (χ1) is 8.75. The second-order valence-corrected chi connectivity index (χ2v) is 4.80. The van der Waals surface area contributed by atoms with E-state index in [0.29, 0.717) is 10.8 Å². The van der Waals surface area contributed by atoms with Crippen molar-refractivity contribution >= 4 is 22.8 Å². The minimum Gasteiger partial charge on any atom is -0.313 e. The second-order valence-electron chi connectivity index (χ2n) is 4.44. The summed E-state index contributed by atoms with van der Waals surface area (Å²) in [6, 6.07) is 0. The molecule has 0 saturated heterocycles. The fraction of sp³-hybridized carbons (Fsp3) is 0.214. The molecule has 2 heterocycles. The Morgan fingerprint density at radius 2 is 2.21 bits per heavy atom. The minimum absolute atomic E-state index is 0. The first-order valence-electron chi connectivity index (χ1n) is 5.94. The third-order valence-electron chi connectivity index (χ3n) is 3.09. The summed E-state index contributed by atoms with van der Waals surface area (Å²) in [4.78, 5) is 8.37. The van der Waals surface area contributed by atoms with Gasteiger partial charge in [0.15, 0.2) is 10.8 Å². The molecule has 2 aromatic rings. The summed E-state index contributed by atoms with van der Waals surface area (Å²) in [7, 11) is 0. The molecule has 0 unspecified atom stereocenters. The zero-order valence-electron chi connectivity index (χ0n) is 10.4. The molecule has 0 saturated carbocycles. The molecule has 0 aliphatic heterocycles. The van der Waals surface area contributed by atoms with Crippen molar-refractivity contribution in [3.8, 4) is 0 Å². The maximum absolute atomic E-state index is 6.03. The Hall–Kier alpha value is -2.74. The summed E-state index contributed by atoms with van der Waals surface area (Å²) < 4.78 is 1.98. The van der Waals surface area contributed by atoms with E-state index in [-0.39, 0.29) is 0 Å². The number of hydrogen-bond acceptors (Lipinski definition) is 2. The normalized spacial score (nSPS) is 15.1. The van der Waals surface area contributed by atoms with E-state index in [1.165, 1.54) is 11.5 Å². The number of rotatable bonds is 1. The monoisotopic (exact) mass is 520 g/mol. The molecule has 0 bridgehead atoms. The van der Waals surface area contributed by atoms with Gasteiger partial charge < -0.3 is 4.40 Å². The van der Waals surface area contributed by atoms with Gasteiger partial charge in [-0.3, -0.25) is 0 Å². The van der Waals surface area contributed by atoms with Crippen molar-refractivity contribution in [2.75, 3.05) is 0 Å². The second kappa shape index (κ2) is 4.86. The van der Waals surface area contributed by atoms with E-state index >= 15 is 0 Å². The molecule has 0 aromatic carbocycles. The molecule has 2 aromatic heterocycles. The van der Waals surface area contributed by atoms with E-state index < -0.39 is 0 Å². The van der Waals surface area contributed by atoms with Gasteiger partial charge in [0, 0.05) is 18.6 Å². The topological polar surface area (TPSA) is 30.2 Å². The SMILES string of the molecule is C[C-]1C=C(c2cnc3c(Cl)nccn23)C=CCC1.[Lr]. The van der Waals surface area contributed by atoms with Crippen molar-refractivity contribution in [3.63, 3.8) is 0 Å². The Morgan fingerprint density at radius 3 is 3.05 bits per heavy atom. The van der Waals surface area contributed by atoms with E-state index in [4.69, 9.17) is 11.6 Å². The Kier molecular flexibility index (Phi) is 3.25. The largest absolute Gasteiger partial charge is 0.313 e. The van der Waals surface area contributed by atoms with E-state index in [2.05, 4.69) is 35.1 Å². The average Bonchev–Trinajstić information content (AvgIpc) is 2.67.